The van der Waals surface area contributed by atoms with Crippen molar-refractivity contribution in [3.63, 3.8) is 0 Å². The molecule has 0 bridgehead atoms. The largest absolute Gasteiger partial charge is 0.489 e. The van der Waals surface area contributed by atoms with E-state index in [2.05, 4.69) is 41.4 Å². The maximum Gasteiger partial charge on any atom is 0.238 e. The molecular weight excluding hydrogens is 348 g/mol. The van der Waals surface area contributed by atoms with Crippen LogP contribution >= 0.6 is 12.4 Å². The van der Waals surface area contributed by atoms with Crippen molar-refractivity contribution >= 4 is 24.0 Å². The number of aryl methyl sites for hydroxylation is 1. The van der Waals surface area contributed by atoms with Crippen LogP contribution in [-0.2, 0) is 11.4 Å². The molecule has 140 valence electrons. The molecule has 0 saturated carbocycles. The van der Waals surface area contributed by atoms with Crippen molar-refractivity contribution in [3.8, 4) is 5.75 Å². The lowest BCUT2D eigenvalue weighted by molar-refractivity contribution is -0.117. The molecule has 26 heavy (non-hydrogen) atoms. The van der Waals surface area contributed by atoms with Crippen molar-refractivity contribution in [2.24, 2.45) is 0 Å². The van der Waals surface area contributed by atoms with Gasteiger partial charge in [0.1, 0.15) is 12.4 Å². The van der Waals surface area contributed by atoms with E-state index in [0.29, 0.717) is 13.2 Å². The van der Waals surface area contributed by atoms with E-state index in [4.69, 9.17) is 4.74 Å². The number of halogens is 1. The van der Waals surface area contributed by atoms with E-state index in [0.717, 1.165) is 30.1 Å². The van der Waals surface area contributed by atoms with Crippen molar-refractivity contribution in [1.82, 2.24) is 4.90 Å². The summed E-state index contributed by atoms with van der Waals surface area (Å²) in [6.45, 7) is 5.15. The standard InChI is InChI=1S/C21H26N2O2.ClH/c1-17-5-7-18(8-6-17)16-25-20-11-9-19(10-12-20)22-21(24)15-23-13-3-2-4-14-23;/h5-12H,2-4,13-16H2,1H3,(H,22,24);1H. The molecule has 2 aromatic carbocycles. The molecule has 0 unspecified atom stereocenters. The first kappa shape index (κ1) is 20.3. The lowest BCUT2D eigenvalue weighted by Gasteiger charge is -2.25. The van der Waals surface area contributed by atoms with Gasteiger partial charge in [0.05, 0.1) is 6.54 Å². The molecule has 1 aliphatic heterocycles. The number of carbonyl (C=O) groups is 1. The minimum atomic E-state index is 0. The number of nitrogens with one attached hydrogen (secondary N) is 1. The van der Waals surface area contributed by atoms with E-state index >= 15 is 0 Å². The van der Waals surface area contributed by atoms with Gasteiger partial charge >= 0.3 is 0 Å². The third-order valence-corrected chi connectivity index (χ3v) is 4.48. The lowest BCUT2D eigenvalue weighted by Crippen LogP contribution is -2.36. The Labute approximate surface area is 162 Å². The molecule has 0 aromatic heterocycles. The molecule has 0 aliphatic carbocycles. The smallest absolute Gasteiger partial charge is 0.238 e. The molecule has 1 N–H and O–H groups in total. The van der Waals surface area contributed by atoms with Crippen molar-refractivity contribution in [1.29, 1.82) is 0 Å². The third-order valence-electron chi connectivity index (χ3n) is 4.48. The predicted molar refractivity (Wildman–Crippen MR) is 108 cm³/mol. The van der Waals surface area contributed by atoms with E-state index in [1.807, 2.05) is 24.3 Å². The minimum Gasteiger partial charge on any atom is -0.489 e. The molecule has 0 spiro atoms. The highest BCUT2D eigenvalue weighted by Crippen LogP contribution is 2.17. The van der Waals surface area contributed by atoms with Gasteiger partial charge in [0.2, 0.25) is 5.91 Å². The number of nitrogens with zero attached hydrogens (tertiary/aromatic N) is 1. The summed E-state index contributed by atoms with van der Waals surface area (Å²) in [4.78, 5) is 14.3. The highest BCUT2D eigenvalue weighted by atomic mass is 35.5. The molecule has 1 saturated heterocycles. The summed E-state index contributed by atoms with van der Waals surface area (Å²) in [5, 5.41) is 2.96. The summed E-state index contributed by atoms with van der Waals surface area (Å²) in [6.07, 6.45) is 3.67. The highest BCUT2D eigenvalue weighted by Gasteiger charge is 2.13. The number of carbonyl (C=O) groups excluding carboxylic acids is 1. The van der Waals surface area contributed by atoms with Gasteiger partial charge in [0.25, 0.3) is 0 Å². The van der Waals surface area contributed by atoms with Crippen LogP contribution in [-0.4, -0.2) is 30.4 Å². The molecule has 1 amide bonds. The van der Waals surface area contributed by atoms with Crippen LogP contribution in [0, 0.1) is 6.92 Å². The Bertz CT molecular complexity index is 680. The van der Waals surface area contributed by atoms with Crippen molar-refractivity contribution in [2.75, 3.05) is 25.0 Å². The summed E-state index contributed by atoms with van der Waals surface area (Å²) in [5.41, 5.74) is 3.20. The number of benzene rings is 2. The molecule has 1 aliphatic rings. The number of likely N-dealkylation sites (tertiary alicyclic amines) is 1. The first-order chi connectivity index (χ1) is 12.2. The second-order valence-electron chi connectivity index (χ2n) is 6.68. The van der Waals surface area contributed by atoms with Crippen LogP contribution in [0.5, 0.6) is 5.75 Å². The Morgan fingerprint density at radius 2 is 1.65 bits per heavy atom. The van der Waals surface area contributed by atoms with Gasteiger partial charge in [-0.25, -0.2) is 0 Å². The summed E-state index contributed by atoms with van der Waals surface area (Å²) >= 11 is 0. The number of rotatable bonds is 6. The quantitative estimate of drug-likeness (QED) is 0.813. The van der Waals surface area contributed by atoms with E-state index < -0.39 is 0 Å². The Morgan fingerprint density at radius 3 is 2.31 bits per heavy atom. The molecular formula is C21H27ClN2O2. The van der Waals surface area contributed by atoms with Gasteiger partial charge in [-0.1, -0.05) is 36.2 Å². The van der Waals surface area contributed by atoms with Crippen LogP contribution in [0.4, 0.5) is 5.69 Å². The highest BCUT2D eigenvalue weighted by molar-refractivity contribution is 5.92. The molecule has 1 fully saturated rings. The van der Waals surface area contributed by atoms with Gasteiger partial charge in [0.15, 0.2) is 0 Å². The molecule has 0 radical (unpaired) electrons. The fourth-order valence-corrected chi connectivity index (χ4v) is 3.01. The average Bonchev–Trinajstić information content (AvgIpc) is 2.63. The molecule has 2 aromatic rings. The number of hydrogen-bond donors (Lipinski definition) is 1. The van der Waals surface area contributed by atoms with Crippen molar-refractivity contribution < 1.29 is 9.53 Å². The van der Waals surface area contributed by atoms with Gasteiger partial charge in [-0.3, -0.25) is 9.69 Å². The van der Waals surface area contributed by atoms with E-state index in [9.17, 15) is 4.79 Å². The molecule has 4 nitrogen and oxygen atoms in total. The summed E-state index contributed by atoms with van der Waals surface area (Å²) < 4.78 is 5.79. The second kappa shape index (κ2) is 10.2. The van der Waals surface area contributed by atoms with E-state index in [1.165, 1.54) is 24.8 Å². The maximum atomic E-state index is 12.1. The number of amides is 1. The Kier molecular flexibility index (Phi) is 7.95. The Morgan fingerprint density at radius 1 is 1.00 bits per heavy atom. The Hall–Kier alpha value is -2.04. The SMILES string of the molecule is Cc1ccc(COc2ccc(NC(=O)CN3CCCCC3)cc2)cc1.Cl. The predicted octanol–water partition coefficient (Wildman–Crippen LogP) is 4.42. The van der Waals surface area contributed by atoms with Gasteiger partial charge in [-0.05, 0) is 62.7 Å². The first-order valence-corrected chi connectivity index (χ1v) is 9.00. The molecule has 1 heterocycles. The van der Waals surface area contributed by atoms with E-state index in [-0.39, 0.29) is 18.3 Å². The molecule has 5 heteroatoms. The number of hydrogen-bond acceptors (Lipinski definition) is 3. The van der Waals surface area contributed by atoms with Gasteiger partial charge < -0.3 is 10.1 Å². The second-order valence-corrected chi connectivity index (χ2v) is 6.68. The normalized spacial score (nSPS) is 14.3. The number of ether oxygens (including phenoxy) is 1. The lowest BCUT2D eigenvalue weighted by atomic mass is 10.1. The third kappa shape index (κ3) is 6.36. The zero-order valence-corrected chi connectivity index (χ0v) is 16.1. The van der Waals surface area contributed by atoms with Crippen LogP contribution in [0.2, 0.25) is 0 Å². The maximum absolute atomic E-state index is 12.1. The topological polar surface area (TPSA) is 41.6 Å². The summed E-state index contributed by atoms with van der Waals surface area (Å²) in [5.74, 6) is 0.852. The van der Waals surface area contributed by atoms with Gasteiger partial charge in [-0.2, -0.15) is 0 Å². The zero-order valence-electron chi connectivity index (χ0n) is 15.2. The molecule has 3 rings (SSSR count). The molecule has 0 atom stereocenters. The number of piperidine rings is 1. The minimum absolute atomic E-state index is 0. The summed E-state index contributed by atoms with van der Waals surface area (Å²) in [7, 11) is 0. The summed E-state index contributed by atoms with van der Waals surface area (Å²) in [6, 6.07) is 15.9. The van der Waals surface area contributed by atoms with E-state index in [1.54, 1.807) is 0 Å². The number of anilines is 1. The van der Waals surface area contributed by atoms with Crippen LogP contribution in [0.15, 0.2) is 48.5 Å². The fraction of sp³-hybridized carbons (Fsp3) is 0.381. The first-order valence-electron chi connectivity index (χ1n) is 9.00. The van der Waals surface area contributed by atoms with Crippen molar-refractivity contribution in [3.05, 3.63) is 59.7 Å². The van der Waals surface area contributed by atoms with Crippen LogP contribution in [0.25, 0.3) is 0 Å². The van der Waals surface area contributed by atoms with Crippen LogP contribution < -0.4 is 10.1 Å². The fourth-order valence-electron chi connectivity index (χ4n) is 3.01. The zero-order chi connectivity index (χ0) is 17.5. The van der Waals surface area contributed by atoms with Crippen LogP contribution in [0.3, 0.4) is 0 Å². The van der Waals surface area contributed by atoms with Gasteiger partial charge in [-0.15, -0.1) is 12.4 Å². The monoisotopic (exact) mass is 374 g/mol. The van der Waals surface area contributed by atoms with Crippen LogP contribution in [0.1, 0.15) is 30.4 Å². The van der Waals surface area contributed by atoms with Gasteiger partial charge in [0, 0.05) is 5.69 Å². The van der Waals surface area contributed by atoms with Crippen molar-refractivity contribution in [2.45, 2.75) is 32.8 Å². The Balaban J connectivity index is 0.00000243. The average molecular weight is 375 g/mol.